The zero-order chi connectivity index (χ0) is 40.0. The second-order valence-corrected chi connectivity index (χ2v) is 17.2. The standard InChI is InChI=1S/C46H53ClFNO6S/c1-30-8-6-20-45(2)38(35-16-13-31(24-33(50)15-12-30)25-36(35)41(51)28-37-39(47)10-5-11-40(37)48)18-21-46(45,53)29-49(22-19-34-9-7-23-56-34)44(52)27-32-14-17-42(54-3)43(26-32)55-4/h5,7-11,13-14,16-17,23,25-26,33,38,50,53H,6,12,15,18-22,24,27-29H2,1-4H3. The highest BCUT2D eigenvalue weighted by Gasteiger charge is 2.57. The van der Waals surface area contributed by atoms with Crippen molar-refractivity contribution >= 4 is 34.6 Å². The van der Waals surface area contributed by atoms with E-state index in [9.17, 15) is 19.8 Å². The summed E-state index contributed by atoms with van der Waals surface area (Å²) in [7, 11) is 3.14. The molecule has 2 N–H and O–H groups in total. The van der Waals surface area contributed by atoms with Gasteiger partial charge in [0.1, 0.15) is 5.82 Å². The number of carbonyl (C=O) groups excluding carboxylic acids is 2. The van der Waals surface area contributed by atoms with Gasteiger partial charge in [0.25, 0.3) is 0 Å². The third-order valence-electron chi connectivity index (χ3n) is 12.2. The smallest absolute Gasteiger partial charge is 0.227 e. The van der Waals surface area contributed by atoms with E-state index >= 15 is 4.39 Å². The van der Waals surface area contributed by atoms with Crippen LogP contribution < -0.4 is 9.47 Å². The molecule has 0 spiro atoms. The number of halogens is 2. The van der Waals surface area contributed by atoms with E-state index in [1.807, 2.05) is 46.7 Å². The molecular formula is C46H53ClFNO6S. The highest BCUT2D eigenvalue weighted by molar-refractivity contribution is 7.09. The third-order valence-corrected chi connectivity index (χ3v) is 13.5. The van der Waals surface area contributed by atoms with E-state index in [1.165, 1.54) is 17.7 Å². The first-order valence-electron chi connectivity index (χ1n) is 19.5. The molecule has 56 heavy (non-hydrogen) atoms. The number of methoxy groups -OCH3 is 2. The molecule has 4 atom stereocenters. The summed E-state index contributed by atoms with van der Waals surface area (Å²) < 4.78 is 26.0. The number of fused-ring (bicyclic) bond motifs is 8. The van der Waals surface area contributed by atoms with Gasteiger partial charge in [-0.05, 0) is 123 Å². The summed E-state index contributed by atoms with van der Waals surface area (Å²) in [6.07, 6.45) is 6.12. The molecule has 1 amide bonds. The lowest BCUT2D eigenvalue weighted by Crippen LogP contribution is -2.54. The number of ether oxygens (including phenoxy) is 2. The highest BCUT2D eigenvalue weighted by atomic mass is 35.5. The SMILES string of the molecule is COc1ccc(CC(=O)N(CCc2cccs2)CC2(O)CCC3c4ccc(cc4C(=O)Cc4c(F)cccc4Cl)CC(O)CCC(C)=CCCC32C)cc1OC. The molecular weight excluding hydrogens is 749 g/mol. The average molecular weight is 802 g/mol. The van der Waals surface area contributed by atoms with Gasteiger partial charge in [-0.25, -0.2) is 4.39 Å². The molecule has 2 bridgehead atoms. The lowest BCUT2D eigenvalue weighted by molar-refractivity contribution is -0.139. The first-order valence-corrected chi connectivity index (χ1v) is 20.8. The molecule has 4 unspecified atom stereocenters. The Hall–Kier alpha value is -4.02. The zero-order valence-corrected chi connectivity index (χ0v) is 34.4. The van der Waals surface area contributed by atoms with Gasteiger partial charge in [0, 0.05) is 46.0 Å². The number of benzene rings is 3. The minimum atomic E-state index is -1.30. The largest absolute Gasteiger partial charge is 0.493 e. The molecule has 3 aliphatic rings. The summed E-state index contributed by atoms with van der Waals surface area (Å²) in [5, 5.41) is 26.3. The van der Waals surface area contributed by atoms with Crippen molar-refractivity contribution in [3.8, 4) is 11.5 Å². The topological polar surface area (TPSA) is 96.3 Å². The number of rotatable bonds is 12. The number of hydrogen-bond acceptors (Lipinski definition) is 7. The molecule has 1 heterocycles. The van der Waals surface area contributed by atoms with E-state index in [1.54, 1.807) is 37.7 Å². The summed E-state index contributed by atoms with van der Waals surface area (Å²) in [4.78, 5) is 31.7. The maximum absolute atomic E-state index is 15.0. The maximum Gasteiger partial charge on any atom is 0.227 e. The van der Waals surface area contributed by atoms with Crippen molar-refractivity contribution < 1.29 is 33.7 Å². The van der Waals surface area contributed by atoms with Crippen LogP contribution in [0.5, 0.6) is 11.5 Å². The second kappa shape index (κ2) is 18.1. The first kappa shape index (κ1) is 41.6. The molecule has 7 nitrogen and oxygen atoms in total. The number of carbonyl (C=O) groups is 2. The Morgan fingerprint density at radius 1 is 1.00 bits per heavy atom. The molecule has 1 saturated carbocycles. The van der Waals surface area contributed by atoms with Crippen LogP contribution in [-0.4, -0.2) is 65.8 Å². The van der Waals surface area contributed by atoms with Gasteiger partial charge >= 0.3 is 0 Å². The molecule has 0 saturated heterocycles. The van der Waals surface area contributed by atoms with Crippen molar-refractivity contribution in [3.05, 3.63) is 127 Å². The minimum absolute atomic E-state index is 0.105. The fourth-order valence-corrected chi connectivity index (χ4v) is 9.71. The van der Waals surface area contributed by atoms with Crippen LogP contribution in [0.15, 0.2) is 83.8 Å². The van der Waals surface area contributed by atoms with Crippen molar-refractivity contribution in [2.24, 2.45) is 5.41 Å². The summed E-state index contributed by atoms with van der Waals surface area (Å²) in [6.45, 7) is 4.74. The van der Waals surface area contributed by atoms with Gasteiger partial charge in [0.05, 0.1) is 32.3 Å². The van der Waals surface area contributed by atoms with Crippen molar-refractivity contribution in [1.29, 1.82) is 0 Å². The number of thiophene rings is 1. The van der Waals surface area contributed by atoms with Crippen LogP contribution in [0.1, 0.15) is 95.8 Å². The van der Waals surface area contributed by atoms with Crippen molar-refractivity contribution in [2.75, 3.05) is 27.3 Å². The lowest BCUT2D eigenvalue weighted by atomic mass is 9.64. The molecule has 0 aliphatic heterocycles. The number of aliphatic hydroxyl groups is 2. The van der Waals surface area contributed by atoms with Crippen LogP contribution in [0.25, 0.3) is 0 Å². The highest BCUT2D eigenvalue weighted by Crippen LogP contribution is 2.59. The van der Waals surface area contributed by atoms with Crippen LogP contribution in [0.3, 0.4) is 0 Å². The van der Waals surface area contributed by atoms with E-state index in [0.29, 0.717) is 68.6 Å². The van der Waals surface area contributed by atoms with E-state index < -0.39 is 22.9 Å². The molecule has 4 aromatic rings. The van der Waals surface area contributed by atoms with Crippen LogP contribution in [0, 0.1) is 11.2 Å². The monoisotopic (exact) mass is 801 g/mol. The molecule has 3 aromatic carbocycles. The van der Waals surface area contributed by atoms with Gasteiger partial charge < -0.3 is 24.6 Å². The summed E-state index contributed by atoms with van der Waals surface area (Å²) >= 11 is 8.05. The quantitative estimate of drug-likeness (QED) is 0.110. The molecule has 7 rings (SSSR count). The summed E-state index contributed by atoms with van der Waals surface area (Å²) in [5.74, 6) is -0.0475. The van der Waals surface area contributed by atoms with Gasteiger partial charge in [-0.1, -0.05) is 60.5 Å². The number of hydrogen-bond donors (Lipinski definition) is 2. The van der Waals surface area contributed by atoms with Crippen LogP contribution >= 0.6 is 22.9 Å². The Balaban J connectivity index is 1.38. The Morgan fingerprint density at radius 3 is 2.54 bits per heavy atom. The lowest BCUT2D eigenvalue weighted by Gasteiger charge is -2.46. The molecule has 1 fully saturated rings. The molecule has 3 aliphatic carbocycles. The molecule has 10 heteroatoms. The molecule has 1 aromatic heterocycles. The number of amides is 1. The predicted octanol–water partition coefficient (Wildman–Crippen LogP) is 9.34. The maximum atomic E-state index is 15.0. The molecule has 298 valence electrons. The van der Waals surface area contributed by atoms with Gasteiger partial charge in [-0.3, -0.25) is 9.59 Å². The number of ketones is 1. The average Bonchev–Trinajstić information content (AvgIpc) is 3.79. The third kappa shape index (κ3) is 9.23. The zero-order valence-electron chi connectivity index (χ0n) is 32.8. The normalized spacial score (nSPS) is 22.5. The van der Waals surface area contributed by atoms with Crippen LogP contribution in [-0.2, 0) is 30.5 Å². The van der Waals surface area contributed by atoms with E-state index in [0.717, 1.165) is 28.0 Å². The fourth-order valence-electron chi connectivity index (χ4n) is 8.78. The second-order valence-electron chi connectivity index (χ2n) is 15.8. The summed E-state index contributed by atoms with van der Waals surface area (Å²) in [6, 6.07) is 19.7. The van der Waals surface area contributed by atoms with Crippen molar-refractivity contribution in [1.82, 2.24) is 4.90 Å². The van der Waals surface area contributed by atoms with E-state index in [2.05, 4.69) is 26.0 Å². The Labute approximate surface area is 339 Å². The van der Waals surface area contributed by atoms with Crippen molar-refractivity contribution in [2.45, 2.75) is 95.7 Å². The number of Topliss-reactive ketones (excluding diaryl/α,β-unsaturated/α-hetero) is 1. The molecule has 0 radical (unpaired) electrons. The predicted molar refractivity (Wildman–Crippen MR) is 221 cm³/mol. The number of nitrogens with zero attached hydrogens (tertiary/aromatic N) is 1. The Bertz CT molecular complexity index is 2030. The Morgan fingerprint density at radius 2 is 1.80 bits per heavy atom. The van der Waals surface area contributed by atoms with Crippen LogP contribution in [0.2, 0.25) is 5.02 Å². The van der Waals surface area contributed by atoms with Crippen LogP contribution in [0.4, 0.5) is 4.39 Å². The number of aliphatic hydroxyl groups excluding tert-OH is 1. The van der Waals surface area contributed by atoms with Gasteiger partial charge in [-0.2, -0.15) is 0 Å². The van der Waals surface area contributed by atoms with Gasteiger partial charge in [-0.15, -0.1) is 11.3 Å². The van der Waals surface area contributed by atoms with E-state index in [4.69, 9.17) is 21.1 Å². The fraction of sp³-hybridized carbons (Fsp3) is 0.435. The van der Waals surface area contributed by atoms with Gasteiger partial charge in [0.15, 0.2) is 17.3 Å². The number of allylic oxidation sites excluding steroid dienone is 2. The van der Waals surface area contributed by atoms with Crippen molar-refractivity contribution in [3.63, 3.8) is 0 Å². The first-order chi connectivity index (χ1) is 26.8. The Kier molecular flexibility index (Phi) is 13.4. The van der Waals surface area contributed by atoms with E-state index in [-0.39, 0.29) is 47.6 Å². The summed E-state index contributed by atoms with van der Waals surface area (Å²) in [5.41, 5.74) is 2.10. The minimum Gasteiger partial charge on any atom is -0.493 e. The van der Waals surface area contributed by atoms with Gasteiger partial charge in [0.2, 0.25) is 5.91 Å².